The Morgan fingerprint density at radius 2 is 2.05 bits per heavy atom. The fourth-order valence-electron chi connectivity index (χ4n) is 2.07. The molecule has 0 aliphatic rings. The molecule has 0 aliphatic heterocycles. The van der Waals surface area contributed by atoms with E-state index in [1.54, 1.807) is 56.4 Å². The van der Waals surface area contributed by atoms with Gasteiger partial charge in [-0.3, -0.25) is 9.78 Å². The SMILES string of the molecule is Cc1ncccc1C(=O)NC[C@](C)(O)c1ccccc1Cl. The first-order valence-corrected chi connectivity index (χ1v) is 6.97. The van der Waals surface area contributed by atoms with Crippen LogP contribution in [0.2, 0.25) is 5.02 Å². The highest BCUT2D eigenvalue weighted by atomic mass is 35.5. The van der Waals surface area contributed by atoms with E-state index in [-0.39, 0.29) is 12.5 Å². The van der Waals surface area contributed by atoms with E-state index < -0.39 is 5.60 Å². The van der Waals surface area contributed by atoms with Crippen LogP contribution >= 0.6 is 11.6 Å². The molecule has 21 heavy (non-hydrogen) atoms. The van der Waals surface area contributed by atoms with E-state index >= 15 is 0 Å². The highest BCUT2D eigenvalue weighted by Gasteiger charge is 2.26. The first-order chi connectivity index (χ1) is 9.92. The van der Waals surface area contributed by atoms with Gasteiger partial charge in [0.1, 0.15) is 5.60 Å². The monoisotopic (exact) mass is 304 g/mol. The number of nitrogens with zero attached hydrogens (tertiary/aromatic N) is 1. The van der Waals surface area contributed by atoms with Gasteiger partial charge < -0.3 is 10.4 Å². The summed E-state index contributed by atoms with van der Waals surface area (Å²) in [5.74, 6) is -0.270. The number of aromatic nitrogens is 1. The molecular formula is C16H17ClN2O2. The summed E-state index contributed by atoms with van der Waals surface area (Å²) in [7, 11) is 0. The Labute approximate surface area is 128 Å². The number of halogens is 1. The first kappa shape index (κ1) is 15.5. The van der Waals surface area contributed by atoms with Gasteiger partial charge in [0.25, 0.3) is 5.91 Å². The van der Waals surface area contributed by atoms with Gasteiger partial charge in [0.05, 0.1) is 12.1 Å². The number of hydrogen-bond donors (Lipinski definition) is 2. The standard InChI is InChI=1S/C16H17ClN2O2/c1-11-12(6-5-9-18-11)15(20)19-10-16(2,21)13-7-3-4-8-14(13)17/h3-9,21H,10H2,1-2H3,(H,19,20)/t16-/m0/s1. The van der Waals surface area contributed by atoms with Crippen LogP contribution in [0.5, 0.6) is 0 Å². The fraction of sp³-hybridized carbons (Fsp3) is 0.250. The summed E-state index contributed by atoms with van der Waals surface area (Å²) in [5.41, 5.74) is 0.471. The van der Waals surface area contributed by atoms with Crippen molar-refractivity contribution in [3.8, 4) is 0 Å². The maximum atomic E-state index is 12.1. The molecule has 4 nitrogen and oxygen atoms in total. The van der Waals surface area contributed by atoms with Crippen LogP contribution in [0.25, 0.3) is 0 Å². The second-order valence-corrected chi connectivity index (χ2v) is 5.48. The number of aliphatic hydroxyl groups is 1. The quantitative estimate of drug-likeness (QED) is 0.913. The van der Waals surface area contributed by atoms with Crippen LogP contribution in [-0.4, -0.2) is 22.5 Å². The molecule has 2 aromatic rings. The zero-order valence-corrected chi connectivity index (χ0v) is 12.7. The summed E-state index contributed by atoms with van der Waals surface area (Å²) in [6, 6.07) is 10.4. The lowest BCUT2D eigenvalue weighted by molar-refractivity contribution is 0.0527. The Balaban J connectivity index is 2.11. The number of carbonyl (C=O) groups excluding carboxylic acids is 1. The van der Waals surface area contributed by atoms with E-state index in [9.17, 15) is 9.90 Å². The minimum Gasteiger partial charge on any atom is -0.384 e. The number of benzene rings is 1. The molecular weight excluding hydrogens is 288 g/mol. The first-order valence-electron chi connectivity index (χ1n) is 6.59. The average molecular weight is 305 g/mol. The van der Waals surface area contributed by atoms with Crippen LogP contribution in [0.4, 0.5) is 0 Å². The molecule has 0 spiro atoms. The van der Waals surface area contributed by atoms with Crippen LogP contribution < -0.4 is 5.32 Å². The Morgan fingerprint density at radius 3 is 2.71 bits per heavy atom. The number of amides is 1. The minimum absolute atomic E-state index is 0.0594. The second kappa shape index (κ2) is 6.24. The maximum absolute atomic E-state index is 12.1. The molecule has 2 rings (SSSR count). The van der Waals surface area contributed by atoms with Gasteiger partial charge >= 0.3 is 0 Å². The van der Waals surface area contributed by atoms with Gasteiger partial charge in [-0.2, -0.15) is 0 Å². The number of carbonyl (C=O) groups is 1. The maximum Gasteiger partial charge on any atom is 0.253 e. The predicted molar refractivity (Wildman–Crippen MR) is 82.3 cm³/mol. The molecule has 1 amide bonds. The molecule has 1 heterocycles. The summed E-state index contributed by atoms with van der Waals surface area (Å²) in [6.45, 7) is 3.44. The second-order valence-electron chi connectivity index (χ2n) is 5.07. The normalized spacial score (nSPS) is 13.5. The third kappa shape index (κ3) is 3.60. The molecule has 0 bridgehead atoms. The van der Waals surface area contributed by atoms with Crippen molar-refractivity contribution in [3.63, 3.8) is 0 Å². The summed E-state index contributed by atoms with van der Waals surface area (Å²) < 4.78 is 0. The van der Waals surface area contributed by atoms with Gasteiger partial charge in [-0.25, -0.2) is 0 Å². The van der Waals surface area contributed by atoms with Crippen molar-refractivity contribution in [2.24, 2.45) is 0 Å². The molecule has 1 aromatic carbocycles. The summed E-state index contributed by atoms with van der Waals surface area (Å²) >= 11 is 6.08. The predicted octanol–water partition coefficient (Wildman–Crippen LogP) is 2.68. The molecule has 5 heteroatoms. The minimum atomic E-state index is -1.25. The molecule has 1 aromatic heterocycles. The fourth-order valence-corrected chi connectivity index (χ4v) is 2.40. The van der Waals surface area contributed by atoms with Crippen molar-refractivity contribution in [1.29, 1.82) is 0 Å². The van der Waals surface area contributed by atoms with Crippen LogP contribution in [-0.2, 0) is 5.60 Å². The zero-order chi connectivity index (χ0) is 15.5. The topological polar surface area (TPSA) is 62.2 Å². The largest absolute Gasteiger partial charge is 0.384 e. The summed E-state index contributed by atoms with van der Waals surface area (Å²) in [6.07, 6.45) is 1.63. The van der Waals surface area contributed by atoms with Crippen LogP contribution in [0, 0.1) is 6.92 Å². The van der Waals surface area contributed by atoms with Gasteiger partial charge in [-0.1, -0.05) is 29.8 Å². The van der Waals surface area contributed by atoms with Crippen molar-refractivity contribution in [1.82, 2.24) is 10.3 Å². The number of hydrogen-bond acceptors (Lipinski definition) is 3. The van der Waals surface area contributed by atoms with E-state index in [0.29, 0.717) is 21.8 Å². The third-order valence-corrected chi connectivity index (χ3v) is 3.63. The van der Waals surface area contributed by atoms with Crippen molar-refractivity contribution in [3.05, 3.63) is 64.4 Å². The van der Waals surface area contributed by atoms with E-state index in [4.69, 9.17) is 11.6 Å². The van der Waals surface area contributed by atoms with Crippen molar-refractivity contribution >= 4 is 17.5 Å². The third-order valence-electron chi connectivity index (χ3n) is 3.30. The Morgan fingerprint density at radius 1 is 1.33 bits per heavy atom. The van der Waals surface area contributed by atoms with E-state index in [2.05, 4.69) is 10.3 Å². The molecule has 0 saturated carbocycles. The van der Waals surface area contributed by atoms with Gasteiger partial charge in [0.15, 0.2) is 0 Å². The number of aryl methyl sites for hydroxylation is 1. The molecule has 2 N–H and O–H groups in total. The molecule has 0 radical (unpaired) electrons. The van der Waals surface area contributed by atoms with E-state index in [0.717, 1.165) is 0 Å². The number of pyridine rings is 1. The Bertz CT molecular complexity index is 656. The summed E-state index contributed by atoms with van der Waals surface area (Å²) in [5, 5.41) is 13.7. The van der Waals surface area contributed by atoms with Gasteiger partial charge in [-0.15, -0.1) is 0 Å². The average Bonchev–Trinajstić information content (AvgIpc) is 2.45. The number of nitrogens with one attached hydrogen (secondary N) is 1. The van der Waals surface area contributed by atoms with E-state index in [1.165, 1.54) is 0 Å². The van der Waals surface area contributed by atoms with Gasteiger partial charge in [0.2, 0.25) is 0 Å². The molecule has 0 fully saturated rings. The van der Waals surface area contributed by atoms with Crippen LogP contribution in [0.3, 0.4) is 0 Å². The smallest absolute Gasteiger partial charge is 0.253 e. The van der Waals surface area contributed by atoms with Gasteiger partial charge in [-0.05, 0) is 32.0 Å². The van der Waals surface area contributed by atoms with Gasteiger partial charge in [0, 0.05) is 22.5 Å². The lowest BCUT2D eigenvalue weighted by atomic mass is 9.96. The molecule has 0 unspecified atom stereocenters. The lowest BCUT2D eigenvalue weighted by Gasteiger charge is -2.25. The summed E-state index contributed by atoms with van der Waals surface area (Å²) in [4.78, 5) is 16.2. The number of rotatable bonds is 4. The van der Waals surface area contributed by atoms with Crippen molar-refractivity contribution in [2.45, 2.75) is 19.4 Å². The zero-order valence-electron chi connectivity index (χ0n) is 11.9. The molecule has 1 atom stereocenters. The van der Waals surface area contributed by atoms with Crippen LogP contribution in [0.15, 0.2) is 42.6 Å². The van der Waals surface area contributed by atoms with Crippen molar-refractivity contribution in [2.75, 3.05) is 6.54 Å². The Kier molecular flexibility index (Phi) is 4.60. The van der Waals surface area contributed by atoms with E-state index in [1.807, 2.05) is 0 Å². The Hall–Kier alpha value is -1.91. The highest BCUT2D eigenvalue weighted by molar-refractivity contribution is 6.31. The van der Waals surface area contributed by atoms with Crippen molar-refractivity contribution < 1.29 is 9.90 Å². The highest BCUT2D eigenvalue weighted by Crippen LogP contribution is 2.27. The molecule has 110 valence electrons. The molecule has 0 aliphatic carbocycles. The molecule has 0 saturated heterocycles. The lowest BCUT2D eigenvalue weighted by Crippen LogP contribution is -2.39. The van der Waals surface area contributed by atoms with Crippen LogP contribution in [0.1, 0.15) is 28.5 Å².